The van der Waals surface area contributed by atoms with Crippen LogP contribution in [0.25, 0.3) is 0 Å². The number of ether oxygens (including phenoxy) is 2. The van der Waals surface area contributed by atoms with Crippen molar-refractivity contribution in [3.05, 3.63) is 23.8 Å². The zero-order valence-electron chi connectivity index (χ0n) is 8.89. The van der Waals surface area contributed by atoms with E-state index in [-0.39, 0.29) is 31.8 Å². The molecule has 1 atom stereocenters. The van der Waals surface area contributed by atoms with E-state index < -0.39 is 0 Å². The van der Waals surface area contributed by atoms with Gasteiger partial charge >= 0.3 is 0 Å². The van der Waals surface area contributed by atoms with Crippen LogP contribution in [0.3, 0.4) is 0 Å². The lowest BCUT2D eigenvalue weighted by Crippen LogP contribution is -2.10. The average molecular weight is 246 g/mol. The zero-order chi connectivity index (χ0) is 10.7. The quantitative estimate of drug-likeness (QED) is 0.846. The molecule has 0 spiro atoms. The van der Waals surface area contributed by atoms with Gasteiger partial charge in [-0.1, -0.05) is 6.07 Å². The standard InChI is InChI=1S/C11H15NO3.ClH/c12-9(2-1-5-13)8-3-4-10-11(6-8)15-7-14-10;/h3-4,6,9,13H,1-2,5,7,12H2;1H. The van der Waals surface area contributed by atoms with E-state index in [0.29, 0.717) is 0 Å². The molecule has 0 saturated carbocycles. The highest BCUT2D eigenvalue weighted by atomic mass is 35.5. The van der Waals surface area contributed by atoms with Crippen LogP contribution in [0.1, 0.15) is 24.4 Å². The minimum Gasteiger partial charge on any atom is -0.454 e. The Balaban J connectivity index is 0.00000128. The Hall–Kier alpha value is -0.970. The molecule has 2 rings (SSSR count). The molecule has 0 fully saturated rings. The average Bonchev–Trinajstić information content (AvgIpc) is 2.72. The zero-order valence-corrected chi connectivity index (χ0v) is 9.70. The van der Waals surface area contributed by atoms with Crippen LogP contribution in [0.5, 0.6) is 11.5 Å². The summed E-state index contributed by atoms with van der Waals surface area (Å²) in [6, 6.07) is 5.67. The molecular formula is C11H16ClNO3. The molecule has 4 nitrogen and oxygen atoms in total. The highest BCUT2D eigenvalue weighted by molar-refractivity contribution is 5.85. The summed E-state index contributed by atoms with van der Waals surface area (Å²) in [5.41, 5.74) is 6.99. The monoisotopic (exact) mass is 245 g/mol. The van der Waals surface area contributed by atoms with Crippen LogP contribution in [0, 0.1) is 0 Å². The Morgan fingerprint density at radius 2 is 2.06 bits per heavy atom. The number of fused-ring (bicyclic) bond motifs is 1. The molecule has 0 bridgehead atoms. The van der Waals surface area contributed by atoms with Gasteiger partial charge in [0.1, 0.15) is 0 Å². The predicted octanol–water partition coefficient (Wildman–Crippen LogP) is 1.61. The highest BCUT2D eigenvalue weighted by Gasteiger charge is 2.15. The summed E-state index contributed by atoms with van der Waals surface area (Å²) in [6.07, 6.45) is 1.49. The Morgan fingerprint density at radius 1 is 1.31 bits per heavy atom. The molecule has 1 aliphatic heterocycles. The Bertz CT molecular complexity index is 346. The summed E-state index contributed by atoms with van der Waals surface area (Å²) in [6.45, 7) is 0.461. The normalized spacial score (nSPS) is 14.4. The fourth-order valence-electron chi connectivity index (χ4n) is 1.62. The van der Waals surface area contributed by atoms with E-state index in [1.165, 1.54) is 0 Å². The summed E-state index contributed by atoms with van der Waals surface area (Å²) in [7, 11) is 0. The molecule has 16 heavy (non-hydrogen) atoms. The number of benzene rings is 1. The van der Waals surface area contributed by atoms with Crippen LogP contribution in [0.2, 0.25) is 0 Å². The number of aliphatic hydroxyl groups is 1. The molecule has 5 heteroatoms. The second kappa shape index (κ2) is 5.94. The maximum atomic E-state index is 8.72. The molecule has 1 aromatic rings. The minimum absolute atomic E-state index is 0. The number of nitrogens with two attached hydrogens (primary N) is 1. The minimum atomic E-state index is -0.0494. The predicted molar refractivity (Wildman–Crippen MR) is 63.1 cm³/mol. The number of hydrogen-bond acceptors (Lipinski definition) is 4. The maximum absolute atomic E-state index is 8.72. The third-order valence-corrected chi connectivity index (χ3v) is 2.50. The summed E-state index contributed by atoms with van der Waals surface area (Å²) in [5, 5.41) is 8.72. The number of halogens is 1. The first-order valence-electron chi connectivity index (χ1n) is 5.07. The summed E-state index contributed by atoms with van der Waals surface area (Å²) < 4.78 is 10.5. The van der Waals surface area contributed by atoms with Gasteiger partial charge in [0, 0.05) is 12.6 Å². The molecule has 0 saturated heterocycles. The van der Waals surface area contributed by atoms with Crippen LogP contribution >= 0.6 is 12.4 Å². The second-order valence-electron chi connectivity index (χ2n) is 3.59. The molecule has 1 aromatic carbocycles. The first kappa shape index (κ1) is 13.1. The largest absolute Gasteiger partial charge is 0.454 e. The SMILES string of the molecule is Cl.NC(CCCO)c1ccc2c(c1)OCO2. The summed E-state index contributed by atoms with van der Waals surface area (Å²) in [4.78, 5) is 0. The van der Waals surface area contributed by atoms with E-state index in [2.05, 4.69) is 0 Å². The molecule has 0 amide bonds. The fraction of sp³-hybridized carbons (Fsp3) is 0.455. The number of aliphatic hydroxyl groups excluding tert-OH is 1. The molecule has 1 unspecified atom stereocenters. The smallest absolute Gasteiger partial charge is 0.231 e. The lowest BCUT2D eigenvalue weighted by Gasteiger charge is -2.11. The van der Waals surface area contributed by atoms with Crippen molar-refractivity contribution >= 4 is 12.4 Å². The van der Waals surface area contributed by atoms with Crippen LogP contribution in [-0.2, 0) is 0 Å². The molecular weight excluding hydrogens is 230 g/mol. The topological polar surface area (TPSA) is 64.7 Å². The molecule has 1 heterocycles. The van der Waals surface area contributed by atoms with Crippen molar-refractivity contribution < 1.29 is 14.6 Å². The molecule has 90 valence electrons. The first-order valence-corrected chi connectivity index (χ1v) is 5.07. The van der Waals surface area contributed by atoms with Gasteiger partial charge in [-0.25, -0.2) is 0 Å². The Labute approximate surface area is 101 Å². The van der Waals surface area contributed by atoms with Crippen molar-refractivity contribution in [3.8, 4) is 11.5 Å². The third-order valence-electron chi connectivity index (χ3n) is 2.50. The Kier molecular flexibility index (Phi) is 4.86. The molecule has 0 aliphatic carbocycles. The van der Waals surface area contributed by atoms with E-state index in [0.717, 1.165) is 29.9 Å². The van der Waals surface area contributed by atoms with Crippen molar-refractivity contribution in [3.63, 3.8) is 0 Å². The van der Waals surface area contributed by atoms with Crippen molar-refractivity contribution in [1.82, 2.24) is 0 Å². The van der Waals surface area contributed by atoms with E-state index >= 15 is 0 Å². The van der Waals surface area contributed by atoms with Gasteiger partial charge in [-0.3, -0.25) is 0 Å². The van der Waals surface area contributed by atoms with Crippen molar-refractivity contribution in [2.75, 3.05) is 13.4 Å². The van der Waals surface area contributed by atoms with E-state index in [1.54, 1.807) is 0 Å². The fourth-order valence-corrected chi connectivity index (χ4v) is 1.62. The van der Waals surface area contributed by atoms with Crippen molar-refractivity contribution in [2.45, 2.75) is 18.9 Å². The lowest BCUT2D eigenvalue weighted by molar-refractivity contribution is 0.174. The van der Waals surface area contributed by atoms with Gasteiger partial charge in [-0.2, -0.15) is 0 Å². The van der Waals surface area contributed by atoms with Crippen LogP contribution in [0.15, 0.2) is 18.2 Å². The van der Waals surface area contributed by atoms with E-state index in [4.69, 9.17) is 20.3 Å². The van der Waals surface area contributed by atoms with Crippen molar-refractivity contribution in [2.24, 2.45) is 5.73 Å². The lowest BCUT2D eigenvalue weighted by atomic mass is 10.0. The number of hydrogen-bond donors (Lipinski definition) is 2. The second-order valence-corrected chi connectivity index (χ2v) is 3.59. The van der Waals surface area contributed by atoms with E-state index in [9.17, 15) is 0 Å². The summed E-state index contributed by atoms with van der Waals surface area (Å²) >= 11 is 0. The molecule has 0 radical (unpaired) electrons. The van der Waals surface area contributed by atoms with Gasteiger partial charge in [-0.15, -0.1) is 12.4 Å². The summed E-state index contributed by atoms with van der Waals surface area (Å²) in [5.74, 6) is 1.53. The molecule has 0 aromatic heterocycles. The highest BCUT2D eigenvalue weighted by Crippen LogP contribution is 2.34. The Morgan fingerprint density at radius 3 is 2.81 bits per heavy atom. The number of rotatable bonds is 4. The van der Waals surface area contributed by atoms with Crippen LogP contribution in [0.4, 0.5) is 0 Å². The van der Waals surface area contributed by atoms with Gasteiger partial charge < -0.3 is 20.3 Å². The van der Waals surface area contributed by atoms with Crippen molar-refractivity contribution in [1.29, 1.82) is 0 Å². The van der Waals surface area contributed by atoms with Gasteiger partial charge in [0.25, 0.3) is 0 Å². The maximum Gasteiger partial charge on any atom is 0.231 e. The van der Waals surface area contributed by atoms with Gasteiger partial charge in [-0.05, 0) is 30.5 Å². The molecule has 1 aliphatic rings. The molecule has 3 N–H and O–H groups in total. The van der Waals surface area contributed by atoms with E-state index in [1.807, 2.05) is 18.2 Å². The van der Waals surface area contributed by atoms with Crippen LogP contribution < -0.4 is 15.2 Å². The van der Waals surface area contributed by atoms with Gasteiger partial charge in [0.15, 0.2) is 11.5 Å². The van der Waals surface area contributed by atoms with Gasteiger partial charge in [0.2, 0.25) is 6.79 Å². The third kappa shape index (κ3) is 2.78. The van der Waals surface area contributed by atoms with Gasteiger partial charge in [0.05, 0.1) is 0 Å². The first-order chi connectivity index (χ1) is 7.31. The van der Waals surface area contributed by atoms with Crippen LogP contribution in [-0.4, -0.2) is 18.5 Å².